The summed E-state index contributed by atoms with van der Waals surface area (Å²) in [6.45, 7) is 2.06. The van der Waals surface area contributed by atoms with E-state index in [4.69, 9.17) is 4.74 Å². The Morgan fingerprint density at radius 1 is 1.06 bits per heavy atom. The third kappa shape index (κ3) is 5.30. The molecule has 2 aromatic rings. The number of benzene rings is 1. The van der Waals surface area contributed by atoms with Crippen LogP contribution in [-0.4, -0.2) is 38.0 Å². The zero-order chi connectivity index (χ0) is 22.9. The lowest BCUT2D eigenvalue weighted by atomic mass is 9.82. The molecule has 1 fully saturated rings. The van der Waals surface area contributed by atoms with E-state index in [1.165, 1.54) is 12.1 Å². The van der Waals surface area contributed by atoms with Crippen LogP contribution in [0.3, 0.4) is 0 Å². The Morgan fingerprint density at radius 2 is 1.75 bits per heavy atom. The van der Waals surface area contributed by atoms with Gasteiger partial charge in [-0.25, -0.2) is 17.5 Å². The highest BCUT2D eigenvalue weighted by Crippen LogP contribution is 2.35. The Hall–Kier alpha value is -2.03. The number of aryl methyl sites for hydroxylation is 2. The SMILES string of the molecule is Cc1ccc2n(c1=O)[C@@H](COC1CCC(c3ccc(F)cc3)CC1)[C@@H](NS(C)(=O)=O)CC2. The van der Waals surface area contributed by atoms with Gasteiger partial charge in [-0.15, -0.1) is 0 Å². The van der Waals surface area contributed by atoms with Gasteiger partial charge in [-0.2, -0.15) is 0 Å². The van der Waals surface area contributed by atoms with E-state index in [-0.39, 0.29) is 36.2 Å². The number of halogens is 1. The molecule has 0 saturated heterocycles. The third-order valence-electron chi connectivity index (χ3n) is 6.78. The number of ether oxygens (including phenoxy) is 1. The summed E-state index contributed by atoms with van der Waals surface area (Å²) in [7, 11) is -3.41. The van der Waals surface area contributed by atoms with Crippen molar-refractivity contribution in [2.45, 2.75) is 69.6 Å². The van der Waals surface area contributed by atoms with E-state index in [0.29, 0.717) is 24.3 Å². The van der Waals surface area contributed by atoms with Crippen LogP contribution in [-0.2, 0) is 21.2 Å². The van der Waals surface area contributed by atoms with Crippen molar-refractivity contribution >= 4 is 10.0 Å². The Morgan fingerprint density at radius 3 is 2.41 bits per heavy atom. The van der Waals surface area contributed by atoms with Gasteiger partial charge in [-0.3, -0.25) is 4.79 Å². The zero-order valence-electron chi connectivity index (χ0n) is 18.6. The fourth-order valence-corrected chi connectivity index (χ4v) is 5.90. The standard InChI is InChI=1S/C24H31FN2O4S/c1-16-3-10-20-11-14-22(26-32(2,29)30)23(27(20)24(16)28)15-31-21-12-6-18(7-13-21)17-4-8-19(25)9-5-17/h3-5,8-10,18,21-23,26H,6-7,11-15H2,1-2H3/t18?,21?,22-,23-/m0/s1. The number of nitrogens with one attached hydrogen (secondary N) is 1. The van der Waals surface area contributed by atoms with Gasteiger partial charge in [-0.1, -0.05) is 18.2 Å². The Kier molecular flexibility index (Phi) is 6.83. The summed E-state index contributed by atoms with van der Waals surface area (Å²) in [4.78, 5) is 12.9. The molecule has 0 unspecified atom stereocenters. The van der Waals surface area contributed by atoms with Crippen LogP contribution in [0.15, 0.2) is 41.2 Å². The van der Waals surface area contributed by atoms with Crippen molar-refractivity contribution in [3.05, 3.63) is 69.4 Å². The third-order valence-corrected chi connectivity index (χ3v) is 7.51. The van der Waals surface area contributed by atoms with E-state index in [9.17, 15) is 17.6 Å². The minimum absolute atomic E-state index is 0.0662. The molecule has 0 radical (unpaired) electrons. The summed E-state index contributed by atoms with van der Waals surface area (Å²) in [6.07, 6.45) is 6.17. The van der Waals surface area contributed by atoms with Crippen LogP contribution in [0, 0.1) is 12.7 Å². The first kappa shape index (κ1) is 23.1. The molecular weight excluding hydrogens is 431 g/mol. The monoisotopic (exact) mass is 462 g/mol. The van der Waals surface area contributed by atoms with Crippen LogP contribution in [0.2, 0.25) is 0 Å². The van der Waals surface area contributed by atoms with Gasteiger partial charge in [0.15, 0.2) is 0 Å². The Labute approximate surface area is 188 Å². The zero-order valence-corrected chi connectivity index (χ0v) is 19.4. The van der Waals surface area contributed by atoms with Gasteiger partial charge in [0.05, 0.1) is 25.0 Å². The summed E-state index contributed by atoms with van der Waals surface area (Å²) in [6, 6.07) is 9.75. The molecule has 1 saturated carbocycles. The second kappa shape index (κ2) is 9.45. The van der Waals surface area contributed by atoms with Crippen LogP contribution in [0.4, 0.5) is 4.39 Å². The molecule has 4 rings (SSSR count). The summed E-state index contributed by atoms with van der Waals surface area (Å²) in [5, 5.41) is 0. The number of aromatic nitrogens is 1. The molecule has 1 aliphatic carbocycles. The Bertz CT molecular complexity index is 1110. The quantitative estimate of drug-likeness (QED) is 0.713. The lowest BCUT2D eigenvalue weighted by Gasteiger charge is -2.37. The molecule has 8 heteroatoms. The lowest BCUT2D eigenvalue weighted by molar-refractivity contribution is -0.00168. The molecule has 1 aliphatic heterocycles. The van der Waals surface area contributed by atoms with Gasteiger partial charge in [0, 0.05) is 17.3 Å². The van der Waals surface area contributed by atoms with Crippen molar-refractivity contribution in [1.82, 2.24) is 9.29 Å². The molecule has 1 N–H and O–H groups in total. The van der Waals surface area contributed by atoms with E-state index in [0.717, 1.165) is 43.2 Å². The van der Waals surface area contributed by atoms with Crippen molar-refractivity contribution < 1.29 is 17.5 Å². The molecule has 2 aliphatic rings. The number of hydrogen-bond acceptors (Lipinski definition) is 4. The summed E-state index contributed by atoms with van der Waals surface area (Å²) in [5.74, 6) is 0.178. The predicted octanol–water partition coefficient (Wildman–Crippen LogP) is 3.44. The van der Waals surface area contributed by atoms with E-state index in [1.54, 1.807) is 11.5 Å². The normalized spacial score (nSPS) is 26.0. The minimum Gasteiger partial charge on any atom is -0.376 e. The summed E-state index contributed by atoms with van der Waals surface area (Å²) < 4.78 is 47.8. The smallest absolute Gasteiger partial charge is 0.254 e. The number of nitrogens with zero attached hydrogens (tertiary/aromatic N) is 1. The number of pyridine rings is 1. The van der Waals surface area contributed by atoms with Crippen LogP contribution in [0.1, 0.15) is 60.9 Å². The van der Waals surface area contributed by atoms with Crippen LogP contribution < -0.4 is 10.3 Å². The van der Waals surface area contributed by atoms with Crippen molar-refractivity contribution in [3.63, 3.8) is 0 Å². The van der Waals surface area contributed by atoms with Gasteiger partial charge in [-0.05, 0) is 75.1 Å². The fraction of sp³-hybridized carbons (Fsp3) is 0.542. The lowest BCUT2D eigenvalue weighted by Crippen LogP contribution is -2.49. The molecule has 0 bridgehead atoms. The van der Waals surface area contributed by atoms with Crippen LogP contribution >= 0.6 is 0 Å². The first-order valence-corrected chi connectivity index (χ1v) is 13.2. The fourth-order valence-electron chi connectivity index (χ4n) is 5.07. The van der Waals surface area contributed by atoms with E-state index >= 15 is 0 Å². The number of rotatable bonds is 6. The predicted molar refractivity (Wildman–Crippen MR) is 122 cm³/mol. The molecular formula is C24H31FN2O4S. The van der Waals surface area contributed by atoms with E-state index in [2.05, 4.69) is 4.72 Å². The number of fused-ring (bicyclic) bond motifs is 1. The molecule has 1 aromatic carbocycles. The molecule has 1 aromatic heterocycles. The highest BCUT2D eigenvalue weighted by atomic mass is 32.2. The topological polar surface area (TPSA) is 77.4 Å². The van der Waals surface area contributed by atoms with Gasteiger partial charge >= 0.3 is 0 Å². The van der Waals surface area contributed by atoms with Gasteiger partial charge in [0.25, 0.3) is 5.56 Å². The maximum absolute atomic E-state index is 13.2. The second-order valence-corrected chi connectivity index (χ2v) is 10.9. The first-order valence-electron chi connectivity index (χ1n) is 11.3. The average molecular weight is 463 g/mol. The molecule has 32 heavy (non-hydrogen) atoms. The van der Waals surface area contributed by atoms with Crippen molar-refractivity contribution in [1.29, 1.82) is 0 Å². The summed E-state index contributed by atoms with van der Waals surface area (Å²) in [5.41, 5.74) is 2.63. The highest BCUT2D eigenvalue weighted by Gasteiger charge is 2.33. The molecule has 174 valence electrons. The maximum Gasteiger partial charge on any atom is 0.254 e. The van der Waals surface area contributed by atoms with Gasteiger partial charge in [0.2, 0.25) is 10.0 Å². The van der Waals surface area contributed by atoms with Gasteiger partial charge in [0.1, 0.15) is 5.82 Å². The van der Waals surface area contributed by atoms with Crippen molar-refractivity contribution in [3.8, 4) is 0 Å². The van der Waals surface area contributed by atoms with Crippen molar-refractivity contribution in [2.75, 3.05) is 12.9 Å². The summed E-state index contributed by atoms with van der Waals surface area (Å²) >= 11 is 0. The largest absolute Gasteiger partial charge is 0.376 e. The number of sulfonamides is 1. The first-order chi connectivity index (χ1) is 15.2. The molecule has 6 nitrogen and oxygen atoms in total. The Balaban J connectivity index is 1.45. The second-order valence-electron chi connectivity index (χ2n) is 9.14. The van der Waals surface area contributed by atoms with Crippen LogP contribution in [0.5, 0.6) is 0 Å². The highest BCUT2D eigenvalue weighted by molar-refractivity contribution is 7.88. The molecule has 0 amide bonds. The van der Waals surface area contributed by atoms with Gasteiger partial charge < -0.3 is 9.30 Å². The van der Waals surface area contributed by atoms with Crippen molar-refractivity contribution in [2.24, 2.45) is 0 Å². The van der Waals surface area contributed by atoms with E-state index < -0.39 is 10.0 Å². The minimum atomic E-state index is -3.41. The number of hydrogen-bond donors (Lipinski definition) is 1. The molecule has 2 heterocycles. The maximum atomic E-state index is 13.2. The van der Waals surface area contributed by atoms with Crippen LogP contribution in [0.25, 0.3) is 0 Å². The molecule has 0 spiro atoms. The average Bonchev–Trinajstić information content (AvgIpc) is 2.75. The van der Waals surface area contributed by atoms with E-state index in [1.807, 2.05) is 24.3 Å². The molecule has 2 atom stereocenters.